The van der Waals surface area contributed by atoms with Crippen LogP contribution in [0.1, 0.15) is 23.6 Å². The highest BCUT2D eigenvalue weighted by atomic mass is 16.5. The Labute approximate surface area is 195 Å². The minimum atomic E-state index is -0.483. The lowest BCUT2D eigenvalue weighted by Crippen LogP contribution is -2.43. The van der Waals surface area contributed by atoms with Gasteiger partial charge >= 0.3 is 0 Å². The van der Waals surface area contributed by atoms with Crippen molar-refractivity contribution in [3.8, 4) is 5.75 Å². The molecule has 0 aliphatic heterocycles. The molecule has 2 N–H and O–H groups in total. The Morgan fingerprint density at radius 1 is 0.909 bits per heavy atom. The number of amides is 2. The summed E-state index contributed by atoms with van der Waals surface area (Å²) < 4.78 is 5.78. The maximum atomic E-state index is 12.7. The van der Waals surface area contributed by atoms with E-state index in [0.717, 1.165) is 28.1 Å². The minimum Gasteiger partial charge on any atom is -0.489 e. The van der Waals surface area contributed by atoms with Gasteiger partial charge in [-0.1, -0.05) is 42.5 Å². The molecule has 6 heteroatoms. The first kappa shape index (κ1) is 24.0. The van der Waals surface area contributed by atoms with Gasteiger partial charge in [0.15, 0.2) is 0 Å². The second-order valence-corrected chi connectivity index (χ2v) is 8.17. The smallest absolute Gasteiger partial charge is 0.241 e. The van der Waals surface area contributed by atoms with Crippen molar-refractivity contribution in [3.63, 3.8) is 0 Å². The quantitative estimate of drug-likeness (QED) is 0.497. The lowest BCUT2D eigenvalue weighted by molar-refractivity contribution is -0.122. The Bertz CT molecular complexity index is 1080. The molecule has 0 saturated heterocycles. The molecular weight excluding hydrogens is 414 g/mol. The number of benzene rings is 3. The van der Waals surface area contributed by atoms with Gasteiger partial charge in [0.25, 0.3) is 0 Å². The average Bonchev–Trinajstić information content (AvgIpc) is 2.81. The Morgan fingerprint density at radius 3 is 2.30 bits per heavy atom. The molecule has 0 radical (unpaired) electrons. The standard InChI is InChI=1S/C27H31N3O3/c1-19-9-8-12-25(20(19)2)29-26(31)17-30(4)21(3)27(32)28-23-13-15-24(16-14-23)33-18-22-10-6-5-7-11-22/h5-16,21H,17-18H2,1-4H3,(H,28,32)(H,29,31). The first-order chi connectivity index (χ1) is 15.8. The number of carbonyl (C=O) groups is 2. The highest BCUT2D eigenvalue weighted by molar-refractivity contribution is 5.96. The van der Waals surface area contributed by atoms with Crippen LogP contribution in [-0.4, -0.2) is 36.3 Å². The fourth-order valence-corrected chi connectivity index (χ4v) is 3.26. The van der Waals surface area contributed by atoms with Gasteiger partial charge in [-0.25, -0.2) is 0 Å². The molecule has 0 aromatic heterocycles. The van der Waals surface area contributed by atoms with Crippen LogP contribution in [0.25, 0.3) is 0 Å². The third kappa shape index (κ3) is 6.92. The number of anilines is 2. The van der Waals surface area contributed by atoms with Crippen molar-refractivity contribution in [3.05, 3.63) is 89.5 Å². The molecule has 2 amide bonds. The number of nitrogens with one attached hydrogen (secondary N) is 2. The van der Waals surface area contributed by atoms with E-state index in [-0.39, 0.29) is 18.4 Å². The largest absolute Gasteiger partial charge is 0.489 e. The van der Waals surface area contributed by atoms with E-state index in [1.54, 1.807) is 31.0 Å². The first-order valence-corrected chi connectivity index (χ1v) is 11.0. The summed E-state index contributed by atoms with van der Waals surface area (Å²) in [6.45, 7) is 6.35. The van der Waals surface area contributed by atoms with Crippen LogP contribution < -0.4 is 15.4 Å². The SMILES string of the molecule is Cc1cccc(NC(=O)CN(C)C(C)C(=O)Nc2ccc(OCc3ccccc3)cc2)c1C. The van der Waals surface area contributed by atoms with E-state index >= 15 is 0 Å². The molecule has 0 aliphatic rings. The van der Waals surface area contributed by atoms with Gasteiger partial charge in [-0.2, -0.15) is 0 Å². The summed E-state index contributed by atoms with van der Waals surface area (Å²) >= 11 is 0. The topological polar surface area (TPSA) is 70.7 Å². The van der Waals surface area contributed by atoms with Crippen LogP contribution in [-0.2, 0) is 16.2 Å². The predicted octanol–water partition coefficient (Wildman–Crippen LogP) is 4.78. The maximum Gasteiger partial charge on any atom is 0.241 e. The highest BCUT2D eigenvalue weighted by Gasteiger charge is 2.20. The molecule has 0 fully saturated rings. The second kappa shape index (κ2) is 11.3. The molecule has 0 saturated carbocycles. The van der Waals surface area contributed by atoms with Gasteiger partial charge in [0.1, 0.15) is 12.4 Å². The van der Waals surface area contributed by atoms with Gasteiger partial charge in [-0.15, -0.1) is 0 Å². The molecule has 3 rings (SSSR count). The number of nitrogens with zero attached hydrogens (tertiary/aromatic N) is 1. The minimum absolute atomic E-state index is 0.105. The third-order valence-corrected chi connectivity index (χ3v) is 5.68. The number of hydrogen-bond donors (Lipinski definition) is 2. The fraction of sp³-hybridized carbons (Fsp3) is 0.259. The van der Waals surface area contributed by atoms with Crippen molar-refractivity contribution in [2.45, 2.75) is 33.4 Å². The zero-order valence-corrected chi connectivity index (χ0v) is 19.6. The molecule has 0 heterocycles. The molecular formula is C27H31N3O3. The van der Waals surface area contributed by atoms with Crippen LogP contribution in [0, 0.1) is 13.8 Å². The Kier molecular flexibility index (Phi) is 8.22. The summed E-state index contributed by atoms with van der Waals surface area (Å²) in [7, 11) is 1.76. The fourth-order valence-electron chi connectivity index (χ4n) is 3.26. The van der Waals surface area contributed by atoms with Gasteiger partial charge in [0, 0.05) is 11.4 Å². The summed E-state index contributed by atoms with van der Waals surface area (Å²) in [5.74, 6) is 0.380. The molecule has 33 heavy (non-hydrogen) atoms. The van der Waals surface area contributed by atoms with Crippen molar-refractivity contribution >= 4 is 23.2 Å². The Hall–Kier alpha value is -3.64. The van der Waals surface area contributed by atoms with E-state index in [2.05, 4.69) is 10.6 Å². The molecule has 0 spiro atoms. The highest BCUT2D eigenvalue weighted by Crippen LogP contribution is 2.19. The normalized spacial score (nSPS) is 11.7. The molecule has 0 bridgehead atoms. The van der Waals surface area contributed by atoms with Gasteiger partial charge in [-0.3, -0.25) is 14.5 Å². The maximum absolute atomic E-state index is 12.7. The molecule has 6 nitrogen and oxygen atoms in total. The zero-order valence-electron chi connectivity index (χ0n) is 19.6. The lowest BCUT2D eigenvalue weighted by Gasteiger charge is -2.23. The van der Waals surface area contributed by atoms with Crippen LogP contribution in [0.5, 0.6) is 5.75 Å². The monoisotopic (exact) mass is 445 g/mol. The van der Waals surface area contributed by atoms with Crippen LogP contribution in [0.4, 0.5) is 11.4 Å². The summed E-state index contributed by atoms with van der Waals surface area (Å²) in [6.07, 6.45) is 0. The molecule has 1 unspecified atom stereocenters. The van der Waals surface area contributed by atoms with E-state index in [9.17, 15) is 9.59 Å². The number of ether oxygens (including phenoxy) is 1. The Balaban J connectivity index is 1.48. The van der Waals surface area contributed by atoms with Crippen molar-refractivity contribution in [1.82, 2.24) is 4.90 Å². The van der Waals surface area contributed by atoms with Gasteiger partial charge in [0.2, 0.25) is 11.8 Å². The number of hydrogen-bond acceptors (Lipinski definition) is 4. The van der Waals surface area contributed by atoms with Crippen molar-refractivity contribution < 1.29 is 14.3 Å². The van der Waals surface area contributed by atoms with Gasteiger partial charge < -0.3 is 15.4 Å². The Morgan fingerprint density at radius 2 is 1.61 bits per heavy atom. The van der Waals surface area contributed by atoms with Crippen LogP contribution >= 0.6 is 0 Å². The van der Waals surface area contributed by atoms with E-state index in [4.69, 9.17) is 4.74 Å². The second-order valence-electron chi connectivity index (χ2n) is 8.17. The van der Waals surface area contributed by atoms with E-state index in [1.807, 2.05) is 74.5 Å². The number of rotatable bonds is 9. The van der Waals surface area contributed by atoms with Crippen molar-refractivity contribution in [2.75, 3.05) is 24.2 Å². The first-order valence-electron chi connectivity index (χ1n) is 11.0. The van der Waals surface area contributed by atoms with E-state index in [0.29, 0.717) is 12.3 Å². The van der Waals surface area contributed by atoms with Crippen molar-refractivity contribution in [1.29, 1.82) is 0 Å². The molecule has 1 atom stereocenters. The van der Waals surface area contributed by atoms with Crippen molar-refractivity contribution in [2.24, 2.45) is 0 Å². The average molecular weight is 446 g/mol. The molecule has 3 aromatic carbocycles. The third-order valence-electron chi connectivity index (χ3n) is 5.68. The molecule has 0 aliphatic carbocycles. The summed E-state index contributed by atoms with van der Waals surface area (Å²) in [5.41, 5.74) is 4.71. The van der Waals surface area contributed by atoms with E-state index < -0.39 is 6.04 Å². The number of carbonyl (C=O) groups excluding carboxylic acids is 2. The molecule has 172 valence electrons. The van der Waals surface area contributed by atoms with Gasteiger partial charge in [-0.05, 0) is 74.8 Å². The van der Waals surface area contributed by atoms with Crippen LogP contribution in [0.15, 0.2) is 72.8 Å². The predicted molar refractivity (Wildman–Crippen MR) is 132 cm³/mol. The van der Waals surface area contributed by atoms with E-state index in [1.165, 1.54) is 0 Å². The summed E-state index contributed by atoms with van der Waals surface area (Å²) in [5, 5.41) is 5.82. The summed E-state index contributed by atoms with van der Waals surface area (Å²) in [4.78, 5) is 26.9. The lowest BCUT2D eigenvalue weighted by atomic mass is 10.1. The summed E-state index contributed by atoms with van der Waals surface area (Å²) in [6, 6.07) is 22.5. The molecule has 3 aromatic rings. The number of aryl methyl sites for hydroxylation is 1. The van der Waals surface area contributed by atoms with Gasteiger partial charge in [0.05, 0.1) is 12.6 Å². The van der Waals surface area contributed by atoms with Crippen LogP contribution in [0.3, 0.4) is 0 Å². The number of likely N-dealkylation sites (N-methyl/N-ethyl adjacent to an activating group) is 1. The van der Waals surface area contributed by atoms with Crippen LogP contribution in [0.2, 0.25) is 0 Å². The zero-order chi connectivity index (χ0) is 23.8.